The Hall–Kier alpha value is -1.26. The lowest BCUT2D eigenvalue weighted by Gasteiger charge is -2.35. The zero-order chi connectivity index (χ0) is 14.5. The minimum atomic E-state index is -0.672. The Kier molecular flexibility index (Phi) is 5.20. The summed E-state index contributed by atoms with van der Waals surface area (Å²) in [6.07, 6.45) is 6.49. The largest absolute Gasteiger partial charge is 0.409 e. The predicted molar refractivity (Wildman–Crippen MR) is 76.1 cm³/mol. The molecule has 0 unspecified atom stereocenters. The summed E-state index contributed by atoms with van der Waals surface area (Å²) < 4.78 is 0. The number of carbonyl (C=O) groups is 1. The van der Waals surface area contributed by atoms with Gasteiger partial charge in [-0.15, -0.1) is 0 Å². The van der Waals surface area contributed by atoms with Crippen molar-refractivity contribution in [3.8, 4) is 0 Å². The van der Waals surface area contributed by atoms with Crippen LogP contribution in [-0.4, -0.2) is 22.5 Å². The van der Waals surface area contributed by atoms with E-state index in [4.69, 9.17) is 10.9 Å². The second kappa shape index (κ2) is 6.26. The number of nitrogens with one attached hydrogen (secondary N) is 1. The molecule has 0 saturated heterocycles. The van der Waals surface area contributed by atoms with Crippen molar-refractivity contribution in [2.24, 2.45) is 16.3 Å². The Labute approximate surface area is 115 Å². The fraction of sp³-hybridized carbons (Fsp3) is 0.857. The first-order chi connectivity index (χ1) is 8.88. The summed E-state index contributed by atoms with van der Waals surface area (Å²) in [5.74, 6) is 0.109. The summed E-state index contributed by atoms with van der Waals surface area (Å²) in [4.78, 5) is 12.4. The van der Waals surface area contributed by atoms with E-state index in [0.29, 0.717) is 0 Å². The van der Waals surface area contributed by atoms with Crippen LogP contribution in [0.15, 0.2) is 5.16 Å². The van der Waals surface area contributed by atoms with Gasteiger partial charge in [-0.2, -0.15) is 0 Å². The zero-order valence-corrected chi connectivity index (χ0v) is 12.3. The normalized spacial score (nSPS) is 20.7. The number of carbonyl (C=O) groups excluding carboxylic acids is 1. The van der Waals surface area contributed by atoms with E-state index in [1.54, 1.807) is 0 Å². The van der Waals surface area contributed by atoms with Crippen LogP contribution in [-0.2, 0) is 4.79 Å². The van der Waals surface area contributed by atoms with E-state index in [9.17, 15) is 4.79 Å². The third-order valence-corrected chi connectivity index (χ3v) is 4.41. The Bertz CT molecular complexity index is 343. The maximum Gasteiger partial charge on any atom is 0.226 e. The highest BCUT2D eigenvalue weighted by Crippen LogP contribution is 2.30. The Morgan fingerprint density at radius 3 is 2.26 bits per heavy atom. The van der Waals surface area contributed by atoms with Gasteiger partial charge in [-0.25, -0.2) is 0 Å². The average Bonchev–Trinajstić information content (AvgIpc) is 2.64. The molecule has 0 bridgehead atoms. The number of oxime groups is 1. The molecule has 5 heteroatoms. The molecular weight excluding hydrogens is 242 g/mol. The zero-order valence-electron chi connectivity index (χ0n) is 12.3. The minimum Gasteiger partial charge on any atom is -0.409 e. The van der Waals surface area contributed by atoms with E-state index in [0.717, 1.165) is 44.9 Å². The number of hydrogen-bond donors (Lipinski definition) is 3. The maximum atomic E-state index is 12.4. The molecule has 5 nitrogen and oxygen atoms in total. The lowest BCUT2D eigenvalue weighted by Crippen LogP contribution is -2.59. The second-order valence-corrected chi connectivity index (χ2v) is 6.17. The number of hydrogen-bond acceptors (Lipinski definition) is 3. The fourth-order valence-electron chi connectivity index (χ4n) is 2.42. The van der Waals surface area contributed by atoms with Gasteiger partial charge < -0.3 is 16.3 Å². The molecule has 0 radical (unpaired) electrons. The Morgan fingerprint density at radius 2 is 1.84 bits per heavy atom. The summed E-state index contributed by atoms with van der Waals surface area (Å²) >= 11 is 0. The number of amidine groups is 1. The highest BCUT2D eigenvalue weighted by molar-refractivity contribution is 5.95. The van der Waals surface area contributed by atoms with Gasteiger partial charge in [0.25, 0.3) is 0 Å². The van der Waals surface area contributed by atoms with Crippen LogP contribution in [0.1, 0.15) is 65.7 Å². The summed E-state index contributed by atoms with van der Waals surface area (Å²) in [5, 5.41) is 15.3. The molecule has 0 spiro atoms. The van der Waals surface area contributed by atoms with Crippen LogP contribution in [0.25, 0.3) is 0 Å². The van der Waals surface area contributed by atoms with Gasteiger partial charge in [0.2, 0.25) is 5.91 Å². The molecule has 0 heterocycles. The first-order valence-corrected chi connectivity index (χ1v) is 7.18. The van der Waals surface area contributed by atoms with Crippen LogP contribution >= 0.6 is 0 Å². The quantitative estimate of drug-likeness (QED) is 0.241. The van der Waals surface area contributed by atoms with E-state index < -0.39 is 11.0 Å². The number of nitrogens with zero attached hydrogens (tertiary/aromatic N) is 1. The van der Waals surface area contributed by atoms with Crippen molar-refractivity contribution in [3.05, 3.63) is 0 Å². The van der Waals surface area contributed by atoms with Gasteiger partial charge in [0, 0.05) is 5.41 Å². The molecule has 4 N–H and O–H groups in total. The van der Waals surface area contributed by atoms with E-state index >= 15 is 0 Å². The summed E-state index contributed by atoms with van der Waals surface area (Å²) in [5.41, 5.74) is 4.76. The predicted octanol–water partition coefficient (Wildman–Crippen LogP) is 2.38. The Balaban J connectivity index is 2.95. The van der Waals surface area contributed by atoms with E-state index in [2.05, 4.69) is 10.5 Å². The van der Waals surface area contributed by atoms with Crippen molar-refractivity contribution in [2.45, 2.75) is 71.3 Å². The first-order valence-electron chi connectivity index (χ1n) is 7.18. The van der Waals surface area contributed by atoms with E-state index in [1.165, 1.54) is 0 Å². The van der Waals surface area contributed by atoms with Gasteiger partial charge in [-0.1, -0.05) is 51.6 Å². The van der Waals surface area contributed by atoms with Gasteiger partial charge in [-0.3, -0.25) is 4.79 Å². The number of rotatable bonds is 4. The molecule has 1 fully saturated rings. The van der Waals surface area contributed by atoms with Gasteiger partial charge in [0.15, 0.2) is 5.84 Å². The fourth-order valence-corrected chi connectivity index (χ4v) is 2.42. The van der Waals surface area contributed by atoms with Crippen LogP contribution in [0.5, 0.6) is 0 Å². The molecule has 1 saturated carbocycles. The summed E-state index contributed by atoms with van der Waals surface area (Å²) in [7, 11) is 0. The van der Waals surface area contributed by atoms with Gasteiger partial charge >= 0.3 is 0 Å². The van der Waals surface area contributed by atoms with Crippen LogP contribution in [0.3, 0.4) is 0 Å². The van der Waals surface area contributed by atoms with Crippen molar-refractivity contribution < 1.29 is 10.0 Å². The highest BCUT2D eigenvalue weighted by atomic mass is 16.4. The van der Waals surface area contributed by atoms with Crippen molar-refractivity contribution >= 4 is 11.7 Å². The van der Waals surface area contributed by atoms with Crippen LogP contribution < -0.4 is 11.1 Å². The van der Waals surface area contributed by atoms with Gasteiger partial charge in [0.1, 0.15) is 5.54 Å². The van der Waals surface area contributed by atoms with Crippen molar-refractivity contribution in [3.63, 3.8) is 0 Å². The van der Waals surface area contributed by atoms with Crippen LogP contribution in [0.2, 0.25) is 0 Å². The van der Waals surface area contributed by atoms with E-state index in [-0.39, 0.29) is 11.7 Å². The van der Waals surface area contributed by atoms with E-state index in [1.807, 2.05) is 20.8 Å². The topological polar surface area (TPSA) is 87.7 Å². The molecule has 19 heavy (non-hydrogen) atoms. The molecular formula is C14H27N3O2. The molecule has 0 aliphatic heterocycles. The summed E-state index contributed by atoms with van der Waals surface area (Å²) in [6.45, 7) is 5.82. The molecule has 0 aromatic heterocycles. The second-order valence-electron chi connectivity index (χ2n) is 6.17. The SMILES string of the molecule is CCC(C)(C)C(=O)NC1(C(N)=NO)CCCCCC1. The third kappa shape index (κ3) is 3.61. The molecule has 110 valence electrons. The Morgan fingerprint density at radius 1 is 1.32 bits per heavy atom. The van der Waals surface area contributed by atoms with Crippen molar-refractivity contribution in [2.75, 3.05) is 0 Å². The minimum absolute atomic E-state index is 0.0245. The van der Waals surface area contributed by atoms with Crippen molar-refractivity contribution in [1.82, 2.24) is 5.32 Å². The van der Waals surface area contributed by atoms with Gasteiger partial charge in [0.05, 0.1) is 0 Å². The maximum absolute atomic E-state index is 12.4. The molecule has 0 atom stereocenters. The lowest BCUT2D eigenvalue weighted by atomic mass is 9.84. The van der Waals surface area contributed by atoms with Crippen molar-refractivity contribution in [1.29, 1.82) is 0 Å². The first kappa shape index (κ1) is 15.8. The molecule has 0 aromatic carbocycles. The van der Waals surface area contributed by atoms with Gasteiger partial charge in [-0.05, 0) is 19.3 Å². The number of nitrogens with two attached hydrogens (primary N) is 1. The summed E-state index contributed by atoms with van der Waals surface area (Å²) in [6, 6.07) is 0. The molecule has 1 amide bonds. The smallest absolute Gasteiger partial charge is 0.226 e. The third-order valence-electron chi connectivity index (χ3n) is 4.41. The molecule has 1 aliphatic carbocycles. The van der Waals surface area contributed by atoms with Crippen LogP contribution in [0.4, 0.5) is 0 Å². The molecule has 0 aromatic rings. The monoisotopic (exact) mass is 269 g/mol. The average molecular weight is 269 g/mol. The standard InChI is InChI=1S/C14H27N3O2/c1-4-13(2,3)12(18)16-14(11(15)17-19)9-7-5-6-8-10-14/h19H,4-10H2,1-3H3,(H2,15,17)(H,16,18). The van der Waals surface area contributed by atoms with Crippen LogP contribution in [0, 0.1) is 5.41 Å². The lowest BCUT2D eigenvalue weighted by molar-refractivity contribution is -0.131. The molecule has 1 rings (SSSR count). The highest BCUT2D eigenvalue weighted by Gasteiger charge is 2.40. The number of amides is 1. The molecule has 1 aliphatic rings.